The first-order valence-corrected chi connectivity index (χ1v) is 18.2. The Morgan fingerprint density at radius 3 is 2.57 bits per heavy atom. The molecule has 53 heavy (non-hydrogen) atoms. The molecule has 0 radical (unpaired) electrons. The lowest BCUT2D eigenvalue weighted by Crippen LogP contribution is -2.63. The Kier molecular flexibility index (Phi) is 13.5. The number of nitrogens with zero attached hydrogens (tertiary/aromatic N) is 2. The maximum atomic E-state index is 14.1. The number of ether oxygens (including phenoxy) is 5. The highest BCUT2D eigenvalue weighted by molar-refractivity contribution is 7.80. The standard InChI is InChI=1S/C36H49ClF3N3O9S/c1-19-10-9-11-27(49-8)35(47)18-25(50-33(46)41-35)20(2)31-34(4,52-31)28(51-32(45)21(3)42(5)26(12-13-53)36(38,39)40)17-29(44)43(6)23-15-22(14-19)16-24(48-7)30(23)37/h9-11,15-16,20-21,25-28,31,47,53H,12-14,17-18H2,1-8H3,(H,41,46)/b11-9+,19-10+/t20-,21+,25+,26?,27-,28+,31+,34+,35+/m1/s1. The van der Waals surface area contributed by atoms with Crippen molar-refractivity contribution >= 4 is 47.9 Å². The van der Waals surface area contributed by atoms with E-state index in [0.29, 0.717) is 17.9 Å². The van der Waals surface area contributed by atoms with E-state index in [0.717, 1.165) is 16.0 Å². The Balaban J connectivity index is 1.78. The molecule has 3 aliphatic heterocycles. The predicted molar refractivity (Wildman–Crippen MR) is 194 cm³/mol. The van der Waals surface area contributed by atoms with Crippen molar-refractivity contribution in [1.29, 1.82) is 0 Å². The minimum atomic E-state index is -4.65. The number of rotatable bonds is 8. The van der Waals surface area contributed by atoms with Gasteiger partial charge in [-0.15, -0.1) is 0 Å². The Morgan fingerprint density at radius 2 is 1.96 bits per heavy atom. The number of thiol groups is 1. The van der Waals surface area contributed by atoms with Crippen LogP contribution in [0.4, 0.5) is 23.7 Å². The highest BCUT2D eigenvalue weighted by Gasteiger charge is 2.64. The predicted octanol–water partition coefficient (Wildman–Crippen LogP) is 5.24. The number of hydrogen-bond donors (Lipinski definition) is 3. The van der Waals surface area contributed by atoms with Crippen molar-refractivity contribution in [3.05, 3.63) is 46.5 Å². The third-order valence-corrected chi connectivity index (χ3v) is 11.1. The number of benzene rings is 1. The van der Waals surface area contributed by atoms with Gasteiger partial charge in [-0.05, 0) is 64.1 Å². The van der Waals surface area contributed by atoms with E-state index in [1.165, 1.54) is 40.1 Å². The van der Waals surface area contributed by atoms with Crippen molar-refractivity contribution in [2.45, 2.75) is 107 Å². The molecule has 0 aliphatic carbocycles. The van der Waals surface area contributed by atoms with Gasteiger partial charge in [0.1, 0.15) is 46.8 Å². The van der Waals surface area contributed by atoms with E-state index in [1.807, 2.05) is 13.0 Å². The summed E-state index contributed by atoms with van der Waals surface area (Å²) in [7, 11) is 5.50. The van der Waals surface area contributed by atoms with Crippen LogP contribution < -0.4 is 15.0 Å². The molecule has 296 valence electrons. The fraction of sp³-hybridized carbons (Fsp3) is 0.639. The molecule has 3 heterocycles. The van der Waals surface area contributed by atoms with Gasteiger partial charge in [-0.2, -0.15) is 25.8 Å². The molecule has 1 aromatic rings. The van der Waals surface area contributed by atoms with Crippen LogP contribution in [-0.4, -0.2) is 116 Å². The summed E-state index contributed by atoms with van der Waals surface area (Å²) in [5.74, 6) is -1.95. The van der Waals surface area contributed by atoms with Gasteiger partial charge in [0.25, 0.3) is 0 Å². The molecule has 4 bridgehead atoms. The molecule has 2 fully saturated rings. The van der Waals surface area contributed by atoms with E-state index < -0.39 is 84.3 Å². The smallest absolute Gasteiger partial charge is 0.409 e. The van der Waals surface area contributed by atoms with Gasteiger partial charge >= 0.3 is 18.2 Å². The minimum Gasteiger partial charge on any atom is -0.495 e. The number of methoxy groups -OCH3 is 2. The highest BCUT2D eigenvalue weighted by Crippen LogP contribution is 2.49. The van der Waals surface area contributed by atoms with Gasteiger partial charge in [0.2, 0.25) is 5.91 Å². The number of alkyl halides is 3. The van der Waals surface area contributed by atoms with Crippen LogP contribution in [0.15, 0.2) is 35.9 Å². The minimum absolute atomic E-state index is 0.0760. The van der Waals surface area contributed by atoms with Gasteiger partial charge in [0.15, 0.2) is 5.72 Å². The molecule has 1 unspecified atom stereocenters. The van der Waals surface area contributed by atoms with Gasteiger partial charge in [-0.1, -0.05) is 42.3 Å². The molecule has 0 aromatic heterocycles. The van der Waals surface area contributed by atoms with Gasteiger partial charge < -0.3 is 33.7 Å². The number of fused-ring (bicyclic) bond motifs is 5. The summed E-state index contributed by atoms with van der Waals surface area (Å²) in [4.78, 5) is 42.7. The number of esters is 1. The summed E-state index contributed by atoms with van der Waals surface area (Å²) >= 11 is 10.7. The summed E-state index contributed by atoms with van der Waals surface area (Å²) in [6, 6.07) is 0.107. The lowest BCUT2D eigenvalue weighted by molar-refractivity contribution is -0.191. The lowest BCUT2D eigenvalue weighted by Gasteiger charge is -2.42. The number of hydrogen-bond acceptors (Lipinski definition) is 11. The zero-order valence-corrected chi connectivity index (χ0v) is 32.7. The number of anilines is 1. The Bertz CT molecular complexity index is 1600. The Labute approximate surface area is 318 Å². The second kappa shape index (κ2) is 16.8. The second-order valence-electron chi connectivity index (χ2n) is 14.1. The van der Waals surface area contributed by atoms with Crippen LogP contribution in [0, 0.1) is 5.92 Å². The molecule has 9 atom stereocenters. The van der Waals surface area contributed by atoms with E-state index in [1.54, 1.807) is 38.1 Å². The zero-order chi connectivity index (χ0) is 39.6. The van der Waals surface area contributed by atoms with E-state index in [2.05, 4.69) is 17.9 Å². The first-order valence-electron chi connectivity index (χ1n) is 17.2. The van der Waals surface area contributed by atoms with Crippen LogP contribution in [0.1, 0.15) is 52.5 Å². The van der Waals surface area contributed by atoms with Gasteiger partial charge in [0.05, 0.1) is 25.3 Å². The topological polar surface area (TPSA) is 139 Å². The number of aliphatic hydroxyl groups is 1. The van der Waals surface area contributed by atoms with E-state index in [9.17, 15) is 32.7 Å². The van der Waals surface area contributed by atoms with Crippen LogP contribution in [0.25, 0.3) is 0 Å². The first-order chi connectivity index (χ1) is 24.7. The van der Waals surface area contributed by atoms with Crippen molar-refractivity contribution in [2.75, 3.05) is 39.0 Å². The third-order valence-electron chi connectivity index (χ3n) is 10.4. The summed E-state index contributed by atoms with van der Waals surface area (Å²) in [6.07, 6.45) is -4.97. The van der Waals surface area contributed by atoms with Crippen molar-refractivity contribution in [3.63, 3.8) is 0 Å². The molecule has 2 amide bonds. The van der Waals surface area contributed by atoms with Crippen LogP contribution in [-0.2, 0) is 35.0 Å². The van der Waals surface area contributed by atoms with Crippen molar-refractivity contribution in [2.24, 2.45) is 5.92 Å². The average Bonchev–Trinajstić information content (AvgIpc) is 3.78. The van der Waals surface area contributed by atoms with Crippen LogP contribution in [0.3, 0.4) is 0 Å². The number of allylic oxidation sites excluding steroid dienone is 3. The van der Waals surface area contributed by atoms with Gasteiger partial charge in [-0.25, -0.2) is 4.79 Å². The van der Waals surface area contributed by atoms with Crippen molar-refractivity contribution in [1.82, 2.24) is 10.2 Å². The molecule has 17 heteroatoms. The lowest BCUT2D eigenvalue weighted by atomic mass is 9.83. The number of halogens is 4. The molecule has 12 nitrogen and oxygen atoms in total. The third kappa shape index (κ3) is 9.45. The largest absolute Gasteiger partial charge is 0.495 e. The van der Waals surface area contributed by atoms with Gasteiger partial charge in [-0.3, -0.25) is 19.8 Å². The molecule has 0 saturated carbocycles. The maximum Gasteiger partial charge on any atom is 0.409 e. The van der Waals surface area contributed by atoms with Crippen molar-refractivity contribution in [3.8, 4) is 5.75 Å². The number of epoxide rings is 1. The number of alkyl carbamates (subject to hydrolysis) is 1. The Hall–Kier alpha value is -3.02. The second-order valence-corrected chi connectivity index (χ2v) is 15.0. The van der Waals surface area contributed by atoms with E-state index in [-0.39, 0.29) is 23.6 Å². The van der Waals surface area contributed by atoms with E-state index >= 15 is 0 Å². The molecular formula is C36H49ClF3N3O9S. The summed E-state index contributed by atoms with van der Waals surface area (Å²) in [5.41, 5.74) is -1.31. The maximum absolute atomic E-state index is 14.1. The summed E-state index contributed by atoms with van der Waals surface area (Å²) in [6.45, 7) is 6.50. The molecule has 0 spiro atoms. The van der Waals surface area contributed by atoms with E-state index in [4.69, 9.17) is 35.3 Å². The Morgan fingerprint density at radius 1 is 1.28 bits per heavy atom. The molecule has 2 saturated heterocycles. The monoisotopic (exact) mass is 791 g/mol. The average molecular weight is 792 g/mol. The molecule has 3 aliphatic rings. The zero-order valence-electron chi connectivity index (χ0n) is 31.0. The SMILES string of the molecule is COc1cc2cc(c1Cl)N(C)C(=O)C[C@H](OC(=O)[C@H](C)N(C)C(CCS)C(F)(F)F)[C@]1(C)O[C@H]1[C@H](C)[C@@H]1C[C@@](O)(NC(=O)O1)[C@H](OC)/C=C/C=C(\C)C2. The number of amides is 2. The van der Waals surface area contributed by atoms with Crippen LogP contribution >= 0.6 is 24.2 Å². The number of nitrogens with one attached hydrogen (secondary N) is 1. The molecular weight excluding hydrogens is 743 g/mol. The molecule has 1 aromatic carbocycles. The fourth-order valence-corrected chi connectivity index (χ4v) is 7.56. The normalized spacial score (nSPS) is 32.4. The van der Waals surface area contributed by atoms with Crippen LogP contribution in [0.2, 0.25) is 5.02 Å². The number of likely N-dealkylation sites (N-methyl/N-ethyl adjacent to an activating group) is 1. The van der Waals surface area contributed by atoms with Gasteiger partial charge in [0, 0.05) is 26.5 Å². The van der Waals surface area contributed by atoms with Crippen molar-refractivity contribution < 1.29 is 56.3 Å². The number of carbonyl (C=O) groups excluding carboxylic acids is 3. The first kappa shape index (κ1) is 42.7. The highest BCUT2D eigenvalue weighted by atomic mass is 35.5. The molecule has 4 rings (SSSR count). The fourth-order valence-electron chi connectivity index (χ4n) is 7.00. The van der Waals surface area contributed by atoms with Crippen LogP contribution in [0.5, 0.6) is 5.75 Å². The summed E-state index contributed by atoms with van der Waals surface area (Å²) < 4.78 is 70.7. The molecule has 2 N–H and O–H groups in total. The number of carbonyl (C=O) groups is 3. The summed E-state index contributed by atoms with van der Waals surface area (Å²) in [5, 5.41) is 14.3. The quantitative estimate of drug-likeness (QED) is 0.182.